The number of ether oxygens (including phenoxy) is 1. The van der Waals surface area contributed by atoms with Crippen LogP contribution in [0.15, 0.2) is 71.7 Å². The number of benzene rings is 2. The SMILES string of the molecule is C=C(C)c1ccc(CN2CCCCC2)cc1.C=C(OC(=NC)C(F)F)c1ccc(CC)cc1.C=NC.CC. The molecule has 2 aromatic carbocycles. The molecule has 210 valence electrons. The van der Waals surface area contributed by atoms with E-state index >= 15 is 0 Å². The number of aryl methyl sites for hydroxylation is 1. The third-order valence-electron chi connectivity index (χ3n) is 5.62. The number of alkyl halides is 2. The highest BCUT2D eigenvalue weighted by molar-refractivity contribution is 5.84. The van der Waals surface area contributed by atoms with Crippen LogP contribution in [0.5, 0.6) is 0 Å². The van der Waals surface area contributed by atoms with Gasteiger partial charge < -0.3 is 9.73 Å². The Hall–Kier alpha value is -3.12. The lowest BCUT2D eigenvalue weighted by molar-refractivity contribution is 0.196. The van der Waals surface area contributed by atoms with Crippen molar-refractivity contribution in [2.75, 3.05) is 27.2 Å². The number of allylic oxidation sites excluding steroid dienone is 1. The van der Waals surface area contributed by atoms with Gasteiger partial charge in [-0.15, -0.1) is 0 Å². The molecule has 2 aromatic rings. The summed E-state index contributed by atoms with van der Waals surface area (Å²) >= 11 is 0. The molecule has 0 unspecified atom stereocenters. The van der Waals surface area contributed by atoms with E-state index in [0.717, 1.165) is 18.5 Å². The van der Waals surface area contributed by atoms with Crippen molar-refractivity contribution >= 4 is 23.9 Å². The number of piperidine rings is 1. The molecule has 0 aliphatic carbocycles. The standard InChI is InChI=1S/C15H21N.C13H15F2NO.C2H5N.C2H6/c1-13(2)15-8-6-14(7-9-15)12-16-10-4-3-5-11-16;1-4-10-5-7-11(8-6-10)9(2)17-13(16-3)12(14)15;1-3-2;1-2/h6-9H,1,3-5,10-12H2,2H3;5-8,12H,2,4H2,1,3H3;1H2,2H3;1-2H3. The fourth-order valence-electron chi connectivity index (χ4n) is 3.57. The quantitative estimate of drug-likeness (QED) is 0.205. The summed E-state index contributed by atoms with van der Waals surface area (Å²) in [6.07, 6.45) is 2.33. The first-order valence-corrected chi connectivity index (χ1v) is 13.3. The number of hydrogen-bond donors (Lipinski definition) is 0. The van der Waals surface area contributed by atoms with Gasteiger partial charge in [-0.1, -0.05) is 94.5 Å². The van der Waals surface area contributed by atoms with E-state index in [1.54, 1.807) is 19.2 Å². The molecule has 1 saturated heterocycles. The van der Waals surface area contributed by atoms with Crippen molar-refractivity contribution in [3.63, 3.8) is 0 Å². The number of halogens is 2. The molecule has 0 saturated carbocycles. The molecule has 0 atom stereocenters. The van der Waals surface area contributed by atoms with Crippen LogP contribution in [-0.2, 0) is 17.7 Å². The number of likely N-dealkylation sites (tertiary alicyclic amines) is 1. The van der Waals surface area contributed by atoms with Crippen molar-refractivity contribution in [3.05, 3.63) is 83.9 Å². The molecule has 1 heterocycles. The van der Waals surface area contributed by atoms with Crippen LogP contribution in [0.4, 0.5) is 8.78 Å². The molecule has 4 nitrogen and oxygen atoms in total. The van der Waals surface area contributed by atoms with E-state index in [0.29, 0.717) is 5.56 Å². The summed E-state index contributed by atoms with van der Waals surface area (Å²) in [5.74, 6) is -0.442. The fourth-order valence-corrected chi connectivity index (χ4v) is 3.57. The highest BCUT2D eigenvalue weighted by atomic mass is 19.3. The van der Waals surface area contributed by atoms with Gasteiger partial charge in [0.05, 0.1) is 0 Å². The Morgan fingerprint density at radius 1 is 0.895 bits per heavy atom. The second-order valence-corrected chi connectivity index (χ2v) is 8.57. The molecule has 0 amide bonds. The normalized spacial score (nSPS) is 13.0. The van der Waals surface area contributed by atoms with Gasteiger partial charge in [-0.05, 0) is 62.7 Å². The van der Waals surface area contributed by atoms with Crippen LogP contribution < -0.4 is 0 Å². The van der Waals surface area contributed by atoms with Crippen molar-refractivity contribution < 1.29 is 13.5 Å². The predicted octanol–water partition coefficient (Wildman–Crippen LogP) is 8.58. The van der Waals surface area contributed by atoms with Gasteiger partial charge in [-0.3, -0.25) is 9.89 Å². The van der Waals surface area contributed by atoms with E-state index in [2.05, 4.69) is 65.9 Å². The van der Waals surface area contributed by atoms with Crippen molar-refractivity contribution in [2.24, 2.45) is 9.98 Å². The fraction of sp³-hybridized carbons (Fsp3) is 0.438. The average Bonchev–Trinajstić information content (AvgIpc) is 2.94. The number of hydrogen-bond acceptors (Lipinski definition) is 4. The van der Waals surface area contributed by atoms with Crippen LogP contribution in [-0.4, -0.2) is 51.1 Å². The summed E-state index contributed by atoms with van der Waals surface area (Å²) < 4.78 is 29.7. The van der Waals surface area contributed by atoms with Gasteiger partial charge in [0.2, 0.25) is 0 Å². The number of nitrogens with zero attached hydrogens (tertiary/aromatic N) is 3. The zero-order valence-corrected chi connectivity index (χ0v) is 24.3. The topological polar surface area (TPSA) is 37.2 Å². The molecule has 0 N–H and O–H groups in total. The highest BCUT2D eigenvalue weighted by Crippen LogP contribution is 2.18. The molecule has 3 rings (SSSR count). The maximum Gasteiger partial charge on any atom is 0.312 e. The van der Waals surface area contributed by atoms with Gasteiger partial charge in [0.15, 0.2) is 0 Å². The van der Waals surface area contributed by atoms with Crippen molar-refractivity contribution in [1.29, 1.82) is 0 Å². The molecule has 1 aliphatic heterocycles. The maximum atomic E-state index is 12.4. The first kappa shape index (κ1) is 34.9. The zero-order valence-electron chi connectivity index (χ0n) is 24.3. The Kier molecular flexibility index (Phi) is 19.2. The Balaban J connectivity index is 0.000000617. The minimum absolute atomic E-state index is 0.175. The molecule has 0 radical (unpaired) electrons. The van der Waals surface area contributed by atoms with Crippen LogP contribution in [0.1, 0.15) is 69.2 Å². The van der Waals surface area contributed by atoms with E-state index < -0.39 is 12.3 Å². The Morgan fingerprint density at radius 2 is 1.37 bits per heavy atom. The minimum atomic E-state index is -2.73. The van der Waals surface area contributed by atoms with Crippen LogP contribution in [0.2, 0.25) is 0 Å². The molecular formula is C32H47F2N3O. The summed E-state index contributed by atoms with van der Waals surface area (Å²) in [6.45, 7) is 22.4. The summed E-state index contributed by atoms with van der Waals surface area (Å²) in [7, 11) is 2.90. The van der Waals surface area contributed by atoms with Crippen LogP contribution in [0.3, 0.4) is 0 Å². The molecule has 0 spiro atoms. The number of rotatable bonds is 7. The third-order valence-corrected chi connectivity index (χ3v) is 5.62. The lowest BCUT2D eigenvalue weighted by Gasteiger charge is -2.26. The number of aliphatic imine (C=N–C) groups is 2. The van der Waals surface area contributed by atoms with Gasteiger partial charge in [-0.25, -0.2) is 0 Å². The maximum absolute atomic E-state index is 12.4. The van der Waals surface area contributed by atoms with E-state index in [-0.39, 0.29) is 5.76 Å². The van der Waals surface area contributed by atoms with Crippen molar-refractivity contribution in [1.82, 2.24) is 4.90 Å². The first-order chi connectivity index (χ1) is 18.2. The summed E-state index contributed by atoms with van der Waals surface area (Å²) in [4.78, 5) is 9.18. The second-order valence-electron chi connectivity index (χ2n) is 8.57. The molecule has 38 heavy (non-hydrogen) atoms. The second kappa shape index (κ2) is 20.9. The van der Waals surface area contributed by atoms with Crippen molar-refractivity contribution in [3.8, 4) is 0 Å². The molecule has 0 aromatic heterocycles. The van der Waals surface area contributed by atoms with E-state index in [4.69, 9.17) is 4.74 Å². The average molecular weight is 528 g/mol. The summed E-state index contributed by atoms with van der Waals surface area (Å²) in [6, 6.07) is 16.2. The molecule has 1 aliphatic rings. The van der Waals surface area contributed by atoms with Gasteiger partial charge in [0, 0.05) is 26.2 Å². The van der Waals surface area contributed by atoms with Gasteiger partial charge >= 0.3 is 6.43 Å². The molecule has 1 fully saturated rings. The lowest BCUT2D eigenvalue weighted by Crippen LogP contribution is -2.29. The third kappa shape index (κ3) is 14.0. The zero-order chi connectivity index (χ0) is 28.9. The Morgan fingerprint density at radius 3 is 1.79 bits per heavy atom. The molecular weight excluding hydrogens is 480 g/mol. The van der Waals surface area contributed by atoms with Crippen LogP contribution in [0, 0.1) is 0 Å². The Labute approximate surface area is 229 Å². The summed E-state index contributed by atoms with van der Waals surface area (Å²) in [5.41, 5.74) is 5.66. The van der Waals surface area contributed by atoms with Gasteiger partial charge in [0.1, 0.15) is 5.76 Å². The minimum Gasteiger partial charge on any atom is -0.438 e. The summed E-state index contributed by atoms with van der Waals surface area (Å²) in [5, 5.41) is 0. The Bertz CT molecular complexity index is 961. The van der Waals surface area contributed by atoms with E-state index in [1.165, 1.54) is 56.1 Å². The molecule has 6 heteroatoms. The lowest BCUT2D eigenvalue weighted by atomic mass is 10.1. The monoisotopic (exact) mass is 527 g/mol. The van der Waals surface area contributed by atoms with E-state index in [9.17, 15) is 8.78 Å². The van der Waals surface area contributed by atoms with E-state index in [1.807, 2.05) is 32.9 Å². The highest BCUT2D eigenvalue weighted by Gasteiger charge is 2.16. The predicted molar refractivity (Wildman–Crippen MR) is 162 cm³/mol. The smallest absolute Gasteiger partial charge is 0.312 e. The first-order valence-electron chi connectivity index (χ1n) is 13.3. The van der Waals surface area contributed by atoms with Gasteiger partial charge in [0.25, 0.3) is 5.90 Å². The van der Waals surface area contributed by atoms with Crippen LogP contribution >= 0.6 is 0 Å². The molecule has 0 bridgehead atoms. The van der Waals surface area contributed by atoms with Crippen LogP contribution in [0.25, 0.3) is 11.3 Å². The largest absolute Gasteiger partial charge is 0.438 e. The van der Waals surface area contributed by atoms with Gasteiger partial charge in [-0.2, -0.15) is 8.78 Å². The van der Waals surface area contributed by atoms with Crippen molar-refractivity contribution in [2.45, 2.75) is 66.3 Å².